The lowest BCUT2D eigenvalue weighted by Crippen LogP contribution is -2.77. The average Bonchev–Trinajstić information content (AvgIpc) is 3.48. The van der Waals surface area contributed by atoms with Gasteiger partial charge in [-0.3, -0.25) is 38.7 Å². The van der Waals surface area contributed by atoms with Gasteiger partial charge in [-0.15, -0.1) is 0 Å². The Morgan fingerprint density at radius 1 is 0.850 bits per heavy atom. The molecule has 1 aromatic heterocycles. The SMILES string of the molecule is CC1(C)C(Oc2ccc(C#N)c(Cl)c2)C(C)(C)C1N1C(=O)CCC(N2C(=O)c3ccc(N4CCN(CCC5CCN(c6cnc(C(N)=O)nc6)CC5)CC4)cc3C2=O)C1=O. The van der Waals surface area contributed by atoms with Crippen molar-refractivity contribution in [2.24, 2.45) is 22.5 Å². The number of rotatable bonds is 10. The molecular weight excluding hydrogens is 786 g/mol. The topological polar surface area (TPSA) is 186 Å². The lowest BCUT2D eigenvalue weighted by molar-refractivity contribution is -0.216. The number of benzene rings is 2. The van der Waals surface area contributed by atoms with Gasteiger partial charge in [0.2, 0.25) is 11.7 Å². The number of ether oxygens (including phenoxy) is 1. The Labute approximate surface area is 354 Å². The molecule has 2 aromatic carbocycles. The predicted octanol–water partition coefficient (Wildman–Crippen LogP) is 4.53. The first-order chi connectivity index (χ1) is 28.6. The maximum atomic E-state index is 14.4. The lowest BCUT2D eigenvalue weighted by Gasteiger charge is -2.65. The molecule has 1 saturated carbocycles. The molecule has 5 heterocycles. The molecule has 3 aromatic rings. The molecule has 4 fully saturated rings. The molecule has 2 N–H and O–H groups in total. The molecule has 1 unspecified atom stereocenters. The number of carbonyl (C=O) groups is 5. The number of fused-ring (bicyclic) bond motifs is 1. The number of imide groups is 2. The molecule has 5 aliphatic rings. The monoisotopic (exact) mass is 835 g/mol. The van der Waals surface area contributed by atoms with E-state index >= 15 is 0 Å². The number of hydrogen-bond donors (Lipinski definition) is 1. The zero-order valence-corrected chi connectivity index (χ0v) is 35.2. The molecule has 60 heavy (non-hydrogen) atoms. The first kappa shape index (κ1) is 41.2. The molecule has 16 heteroatoms. The van der Waals surface area contributed by atoms with E-state index in [2.05, 4.69) is 24.7 Å². The Morgan fingerprint density at radius 3 is 2.13 bits per heavy atom. The van der Waals surface area contributed by atoms with E-state index in [0.29, 0.717) is 17.2 Å². The van der Waals surface area contributed by atoms with Crippen LogP contribution in [0.1, 0.15) is 96.7 Å². The van der Waals surface area contributed by atoms with Gasteiger partial charge in [0.15, 0.2) is 0 Å². The van der Waals surface area contributed by atoms with E-state index in [4.69, 9.17) is 22.1 Å². The minimum absolute atomic E-state index is 0.0153. The van der Waals surface area contributed by atoms with Crippen molar-refractivity contribution >= 4 is 52.5 Å². The van der Waals surface area contributed by atoms with Crippen molar-refractivity contribution < 1.29 is 28.7 Å². The Balaban J connectivity index is 0.866. The van der Waals surface area contributed by atoms with Gasteiger partial charge < -0.3 is 20.3 Å². The van der Waals surface area contributed by atoms with Crippen LogP contribution >= 0.6 is 11.6 Å². The number of amides is 5. The normalized spacial score (nSPS) is 24.3. The number of nitrogens with zero attached hydrogens (tertiary/aromatic N) is 8. The number of nitriles is 1. The molecule has 1 atom stereocenters. The highest BCUT2D eigenvalue weighted by Crippen LogP contribution is 2.58. The summed E-state index contributed by atoms with van der Waals surface area (Å²) in [5.41, 5.74) is 6.50. The largest absolute Gasteiger partial charge is 0.489 e. The zero-order chi connectivity index (χ0) is 42.7. The number of likely N-dealkylation sites (tertiary alicyclic amines) is 1. The molecular formula is C44H50ClN9O6. The van der Waals surface area contributed by atoms with E-state index in [9.17, 15) is 29.2 Å². The summed E-state index contributed by atoms with van der Waals surface area (Å²) in [6.45, 7) is 13.9. The van der Waals surface area contributed by atoms with Crippen LogP contribution < -0.4 is 20.3 Å². The first-order valence-corrected chi connectivity index (χ1v) is 21.1. The number of halogens is 1. The quantitative estimate of drug-likeness (QED) is 0.282. The number of piperidine rings is 2. The van der Waals surface area contributed by atoms with Gasteiger partial charge in [-0.2, -0.15) is 5.26 Å². The molecule has 0 bridgehead atoms. The van der Waals surface area contributed by atoms with Gasteiger partial charge in [-0.05, 0) is 68.5 Å². The number of piperazine rings is 1. The van der Waals surface area contributed by atoms with Crippen LogP contribution in [0.4, 0.5) is 11.4 Å². The van der Waals surface area contributed by atoms with Gasteiger partial charge >= 0.3 is 0 Å². The maximum absolute atomic E-state index is 14.4. The Morgan fingerprint density at radius 2 is 1.50 bits per heavy atom. The van der Waals surface area contributed by atoms with Gasteiger partial charge in [-0.25, -0.2) is 9.97 Å². The summed E-state index contributed by atoms with van der Waals surface area (Å²) < 4.78 is 6.40. The fourth-order valence-corrected chi connectivity index (χ4v) is 10.8. The van der Waals surface area contributed by atoms with Gasteiger partial charge in [0.1, 0.15) is 24.0 Å². The summed E-state index contributed by atoms with van der Waals surface area (Å²) in [5.74, 6) is -1.46. The molecule has 1 aliphatic carbocycles. The van der Waals surface area contributed by atoms with Crippen molar-refractivity contribution in [3.63, 3.8) is 0 Å². The van der Waals surface area contributed by atoms with Crippen molar-refractivity contribution in [3.8, 4) is 11.8 Å². The summed E-state index contributed by atoms with van der Waals surface area (Å²) in [7, 11) is 0. The van der Waals surface area contributed by atoms with E-state index in [1.165, 1.54) is 4.90 Å². The Hall–Kier alpha value is -5.59. The predicted molar refractivity (Wildman–Crippen MR) is 223 cm³/mol. The van der Waals surface area contributed by atoms with E-state index in [0.717, 1.165) is 81.4 Å². The second-order valence-electron chi connectivity index (χ2n) is 17.8. The second-order valence-corrected chi connectivity index (χ2v) is 18.2. The van der Waals surface area contributed by atoms with Gasteiger partial charge in [-0.1, -0.05) is 39.3 Å². The molecule has 0 radical (unpaired) electrons. The van der Waals surface area contributed by atoms with E-state index in [1.807, 2.05) is 39.8 Å². The Kier molecular flexibility index (Phi) is 10.8. The molecule has 4 aliphatic heterocycles. The summed E-state index contributed by atoms with van der Waals surface area (Å²) >= 11 is 6.28. The van der Waals surface area contributed by atoms with Crippen LogP contribution in [0.5, 0.6) is 5.75 Å². The van der Waals surface area contributed by atoms with Crippen LogP contribution in [0, 0.1) is 28.1 Å². The fraction of sp³-hybridized carbons (Fsp3) is 0.500. The Bertz CT molecular complexity index is 2260. The van der Waals surface area contributed by atoms with Crippen molar-refractivity contribution in [3.05, 3.63) is 76.3 Å². The molecule has 0 spiro atoms. The highest BCUT2D eigenvalue weighted by atomic mass is 35.5. The number of primary amides is 1. The zero-order valence-electron chi connectivity index (χ0n) is 34.4. The first-order valence-electron chi connectivity index (χ1n) is 20.7. The van der Waals surface area contributed by atoms with Crippen LogP contribution in [0.3, 0.4) is 0 Å². The summed E-state index contributed by atoms with van der Waals surface area (Å²) in [6, 6.07) is 10.5. The van der Waals surface area contributed by atoms with Gasteiger partial charge in [0, 0.05) is 68.3 Å². The summed E-state index contributed by atoms with van der Waals surface area (Å²) in [4.78, 5) is 84.7. The van der Waals surface area contributed by atoms with E-state index < -0.39 is 52.6 Å². The maximum Gasteiger partial charge on any atom is 0.286 e. The molecule has 314 valence electrons. The average molecular weight is 836 g/mol. The smallest absolute Gasteiger partial charge is 0.286 e. The number of anilines is 2. The van der Waals surface area contributed by atoms with Crippen LogP contribution in [0.15, 0.2) is 48.8 Å². The van der Waals surface area contributed by atoms with Crippen LogP contribution in [0.25, 0.3) is 0 Å². The van der Waals surface area contributed by atoms with Crippen molar-refractivity contribution in [1.82, 2.24) is 24.7 Å². The fourth-order valence-electron chi connectivity index (χ4n) is 10.6. The number of hydrogen-bond acceptors (Lipinski definition) is 12. The van der Waals surface area contributed by atoms with Gasteiger partial charge in [0.05, 0.1) is 45.8 Å². The molecule has 5 amide bonds. The molecule has 15 nitrogen and oxygen atoms in total. The standard InChI is InChI=1S/C44H50ClN9O6/c1-43(2)41(44(3,4)42(43)60-30-7-5-27(23-46)33(45)22-30)54-35(55)10-9-34(40(54)59)53-38(57)31-8-6-28(21-32(31)39(53)58)52-19-17-50(18-20-52)14-11-26-12-15-51(16-13-26)29-24-48-37(36(47)56)49-25-29/h5-8,21-22,24-26,34,41-42H,9-20H2,1-4H3,(H2,47,56). The minimum Gasteiger partial charge on any atom is -0.489 e. The summed E-state index contributed by atoms with van der Waals surface area (Å²) in [5, 5.41) is 9.55. The van der Waals surface area contributed by atoms with Crippen LogP contribution in [-0.2, 0) is 9.59 Å². The highest BCUT2D eigenvalue weighted by Gasteiger charge is 2.68. The van der Waals surface area contributed by atoms with Crippen molar-refractivity contribution in [2.45, 2.75) is 78.0 Å². The second kappa shape index (κ2) is 15.8. The van der Waals surface area contributed by atoms with Gasteiger partial charge in [0.25, 0.3) is 23.6 Å². The van der Waals surface area contributed by atoms with Crippen molar-refractivity contribution in [2.75, 3.05) is 55.6 Å². The third-order valence-corrected chi connectivity index (χ3v) is 13.7. The van der Waals surface area contributed by atoms with Crippen molar-refractivity contribution in [1.29, 1.82) is 5.26 Å². The van der Waals surface area contributed by atoms with E-state index in [-0.39, 0.29) is 40.7 Å². The minimum atomic E-state index is -1.11. The van der Waals surface area contributed by atoms with E-state index in [1.54, 1.807) is 42.7 Å². The third-order valence-electron chi connectivity index (χ3n) is 13.4. The lowest BCUT2D eigenvalue weighted by atomic mass is 9.48. The van der Waals surface area contributed by atoms with Crippen LogP contribution in [-0.4, -0.2) is 118 Å². The third kappa shape index (κ3) is 7.23. The highest BCUT2D eigenvalue weighted by molar-refractivity contribution is 6.31. The van der Waals surface area contributed by atoms with Crippen LogP contribution in [0.2, 0.25) is 5.02 Å². The number of nitrogens with two attached hydrogens (primary N) is 1. The molecule has 8 rings (SSSR count). The number of aromatic nitrogens is 2. The summed E-state index contributed by atoms with van der Waals surface area (Å²) in [6.07, 6.45) is 6.22. The number of carbonyl (C=O) groups excluding carboxylic acids is 5. The molecule has 3 saturated heterocycles.